The van der Waals surface area contributed by atoms with Crippen LogP contribution in [0.4, 0.5) is 0 Å². The normalized spacial score (nSPS) is 13.2. The van der Waals surface area contributed by atoms with E-state index in [4.69, 9.17) is 4.74 Å². The molecule has 3 rings (SSSR count). The Morgan fingerprint density at radius 1 is 1.16 bits per heavy atom. The summed E-state index contributed by atoms with van der Waals surface area (Å²) in [6, 6.07) is 14.8. The van der Waals surface area contributed by atoms with Crippen molar-refractivity contribution in [1.29, 1.82) is 0 Å². The van der Waals surface area contributed by atoms with Crippen LogP contribution in [0.25, 0.3) is 0 Å². The number of aryl methyl sites for hydroxylation is 1. The molecule has 0 bridgehead atoms. The number of nitrogens with zero attached hydrogens (tertiary/aromatic N) is 1. The number of carbonyl (C=O) groups is 1. The number of ether oxygens (including phenoxy) is 1. The third-order valence-corrected chi connectivity index (χ3v) is 5.87. The van der Waals surface area contributed by atoms with E-state index in [1.165, 1.54) is 21.6 Å². The Kier molecular flexibility index (Phi) is 11.2. The van der Waals surface area contributed by atoms with E-state index in [0.29, 0.717) is 11.8 Å². The molecule has 0 saturated heterocycles. The van der Waals surface area contributed by atoms with Gasteiger partial charge in [-0.15, -0.1) is 35.7 Å². The van der Waals surface area contributed by atoms with Crippen molar-refractivity contribution in [3.05, 3.63) is 59.2 Å². The molecule has 0 radical (unpaired) electrons. The summed E-state index contributed by atoms with van der Waals surface area (Å²) in [6.07, 6.45) is 5.13. The highest BCUT2D eigenvalue weighted by atomic mass is 127. The van der Waals surface area contributed by atoms with E-state index in [1.54, 1.807) is 18.8 Å². The quantitative estimate of drug-likeness (QED) is 0.176. The molecule has 1 fully saturated rings. The monoisotopic (exact) mass is 568 g/mol. The van der Waals surface area contributed by atoms with Crippen LogP contribution in [0.2, 0.25) is 0 Å². The van der Waals surface area contributed by atoms with Crippen LogP contribution in [0.15, 0.2) is 52.4 Å². The summed E-state index contributed by atoms with van der Waals surface area (Å²) >= 11 is 1.76. The van der Waals surface area contributed by atoms with Gasteiger partial charge in [-0.05, 0) is 67.3 Å². The number of hydrogen-bond acceptors (Lipinski definition) is 4. The van der Waals surface area contributed by atoms with Gasteiger partial charge in [0.05, 0.1) is 0 Å². The molecule has 6 nitrogen and oxygen atoms in total. The maximum Gasteiger partial charge on any atom is 0.258 e. The van der Waals surface area contributed by atoms with Gasteiger partial charge in [0, 0.05) is 31.1 Å². The third-order valence-electron chi connectivity index (χ3n) is 5.05. The molecule has 0 spiro atoms. The van der Waals surface area contributed by atoms with Crippen molar-refractivity contribution in [2.75, 3.05) is 26.5 Å². The van der Waals surface area contributed by atoms with Gasteiger partial charge in [-0.2, -0.15) is 0 Å². The van der Waals surface area contributed by atoms with Gasteiger partial charge in [0.25, 0.3) is 5.91 Å². The van der Waals surface area contributed by atoms with Crippen molar-refractivity contribution in [2.24, 2.45) is 4.99 Å². The van der Waals surface area contributed by atoms with E-state index in [-0.39, 0.29) is 36.5 Å². The largest absolute Gasteiger partial charge is 0.484 e. The molecule has 32 heavy (non-hydrogen) atoms. The summed E-state index contributed by atoms with van der Waals surface area (Å²) in [5.41, 5.74) is 3.73. The molecule has 2 aromatic rings. The van der Waals surface area contributed by atoms with Crippen molar-refractivity contribution in [1.82, 2.24) is 16.0 Å². The van der Waals surface area contributed by atoms with Gasteiger partial charge in [0.1, 0.15) is 5.75 Å². The van der Waals surface area contributed by atoms with Gasteiger partial charge in [-0.1, -0.05) is 24.3 Å². The first-order valence-corrected chi connectivity index (χ1v) is 11.9. The number of aliphatic imine (C=N–C) groups is 1. The van der Waals surface area contributed by atoms with E-state index in [9.17, 15) is 4.79 Å². The van der Waals surface area contributed by atoms with E-state index in [1.807, 2.05) is 24.3 Å². The summed E-state index contributed by atoms with van der Waals surface area (Å²) in [6.45, 7) is 3.68. The first-order valence-electron chi connectivity index (χ1n) is 10.7. The predicted octanol–water partition coefficient (Wildman–Crippen LogP) is 3.90. The zero-order chi connectivity index (χ0) is 22.1. The van der Waals surface area contributed by atoms with Gasteiger partial charge in [0.2, 0.25) is 0 Å². The minimum atomic E-state index is -0.0510. The lowest BCUT2D eigenvalue weighted by Gasteiger charge is -2.14. The zero-order valence-corrected chi connectivity index (χ0v) is 22.1. The van der Waals surface area contributed by atoms with Crippen LogP contribution in [-0.4, -0.2) is 44.4 Å². The van der Waals surface area contributed by atoms with Crippen LogP contribution in [-0.2, 0) is 17.8 Å². The van der Waals surface area contributed by atoms with Crippen LogP contribution in [0, 0.1) is 6.92 Å². The minimum absolute atomic E-state index is 0. The molecule has 174 valence electrons. The number of hydrogen-bond donors (Lipinski definition) is 3. The smallest absolute Gasteiger partial charge is 0.258 e. The fourth-order valence-electron chi connectivity index (χ4n) is 3.12. The summed E-state index contributed by atoms with van der Waals surface area (Å²) in [7, 11) is 1.78. The second kappa shape index (κ2) is 13.6. The lowest BCUT2D eigenvalue weighted by molar-refractivity contribution is -0.123. The SMILES string of the molecule is CN=C(NCCc1ccc(OCC(=O)NC2CC2)cc1)NCc1ccc(C)cc1SC.I. The average molecular weight is 569 g/mol. The Labute approximate surface area is 212 Å². The molecule has 0 atom stereocenters. The second-order valence-electron chi connectivity index (χ2n) is 7.69. The number of amides is 1. The Morgan fingerprint density at radius 2 is 1.91 bits per heavy atom. The molecule has 3 N–H and O–H groups in total. The van der Waals surface area contributed by atoms with E-state index in [0.717, 1.165) is 38.3 Å². The summed E-state index contributed by atoms with van der Waals surface area (Å²) < 4.78 is 5.55. The van der Waals surface area contributed by atoms with Crippen LogP contribution in [0.5, 0.6) is 5.75 Å². The first kappa shape index (κ1) is 26.3. The van der Waals surface area contributed by atoms with Crippen molar-refractivity contribution in [2.45, 2.75) is 43.7 Å². The summed E-state index contributed by atoms with van der Waals surface area (Å²) in [5, 5.41) is 9.67. The van der Waals surface area contributed by atoms with Crippen molar-refractivity contribution < 1.29 is 9.53 Å². The van der Waals surface area contributed by atoms with Crippen LogP contribution in [0.3, 0.4) is 0 Å². The lowest BCUT2D eigenvalue weighted by atomic mass is 10.1. The highest BCUT2D eigenvalue weighted by Crippen LogP contribution is 2.21. The standard InChI is InChI=1S/C24H32N4O2S.HI/c1-17-4-7-19(22(14-17)31-3)15-27-24(25-2)26-13-12-18-5-10-21(11-6-18)30-16-23(29)28-20-8-9-20;/h4-7,10-11,14,20H,8-9,12-13,15-16H2,1-3H3,(H,28,29)(H2,25,26,27);1H. The van der Waals surface area contributed by atoms with Crippen molar-refractivity contribution >= 4 is 47.6 Å². The molecule has 1 amide bonds. The number of thioether (sulfide) groups is 1. The Morgan fingerprint density at radius 3 is 2.56 bits per heavy atom. The molecule has 1 aliphatic rings. The maximum absolute atomic E-state index is 11.7. The second-order valence-corrected chi connectivity index (χ2v) is 8.54. The molecule has 2 aromatic carbocycles. The Hall–Kier alpha value is -1.94. The van der Waals surface area contributed by atoms with E-state index in [2.05, 4.69) is 52.3 Å². The van der Waals surface area contributed by atoms with Crippen LogP contribution < -0.4 is 20.7 Å². The van der Waals surface area contributed by atoms with Gasteiger partial charge in [-0.25, -0.2) is 0 Å². The number of halogens is 1. The number of carbonyl (C=O) groups excluding carboxylic acids is 1. The maximum atomic E-state index is 11.7. The van der Waals surface area contributed by atoms with Crippen LogP contribution in [0.1, 0.15) is 29.5 Å². The fraction of sp³-hybridized carbons (Fsp3) is 0.417. The average Bonchev–Trinajstić information content (AvgIpc) is 3.60. The number of nitrogens with one attached hydrogen (secondary N) is 3. The molecular formula is C24H33IN4O2S. The summed E-state index contributed by atoms with van der Waals surface area (Å²) in [4.78, 5) is 17.3. The molecule has 0 unspecified atom stereocenters. The molecule has 8 heteroatoms. The Balaban J connectivity index is 0.00000363. The summed E-state index contributed by atoms with van der Waals surface area (Å²) in [5.74, 6) is 1.45. The minimum Gasteiger partial charge on any atom is -0.484 e. The Bertz CT molecular complexity index is 901. The molecule has 0 heterocycles. The van der Waals surface area contributed by atoms with Crippen LogP contribution >= 0.6 is 35.7 Å². The molecule has 0 aromatic heterocycles. The number of rotatable bonds is 10. The van der Waals surface area contributed by atoms with Gasteiger partial charge >= 0.3 is 0 Å². The zero-order valence-electron chi connectivity index (χ0n) is 18.9. The topological polar surface area (TPSA) is 74.8 Å². The lowest BCUT2D eigenvalue weighted by Crippen LogP contribution is -2.37. The highest BCUT2D eigenvalue weighted by molar-refractivity contribution is 14.0. The van der Waals surface area contributed by atoms with Crippen molar-refractivity contribution in [3.8, 4) is 5.75 Å². The molecular weight excluding hydrogens is 535 g/mol. The fourth-order valence-corrected chi connectivity index (χ4v) is 3.83. The van der Waals surface area contributed by atoms with Gasteiger partial charge in [0.15, 0.2) is 12.6 Å². The molecule has 1 saturated carbocycles. The molecule has 1 aliphatic carbocycles. The van der Waals surface area contributed by atoms with Gasteiger partial charge in [-0.3, -0.25) is 9.79 Å². The highest BCUT2D eigenvalue weighted by Gasteiger charge is 2.23. The van der Waals surface area contributed by atoms with Crippen molar-refractivity contribution in [3.63, 3.8) is 0 Å². The molecule has 0 aliphatic heterocycles. The van der Waals surface area contributed by atoms with E-state index < -0.39 is 0 Å². The van der Waals surface area contributed by atoms with Gasteiger partial charge < -0.3 is 20.7 Å². The number of guanidine groups is 1. The third kappa shape index (κ3) is 8.90. The number of benzene rings is 2. The first-order chi connectivity index (χ1) is 15.1. The van der Waals surface area contributed by atoms with E-state index >= 15 is 0 Å². The predicted molar refractivity (Wildman–Crippen MR) is 143 cm³/mol.